The molecule has 2 saturated heterocycles. The van der Waals surface area contributed by atoms with Crippen LogP contribution in [-0.4, -0.2) is 47.4 Å². The van der Waals surface area contributed by atoms with E-state index < -0.39 is 0 Å². The fraction of sp³-hybridized carbons (Fsp3) is 0.778. The third-order valence-electron chi connectivity index (χ3n) is 3.09. The SMILES string of the molecule is CNN1CC2CCC(C(C)=O)N2C1=O. The lowest BCUT2D eigenvalue weighted by atomic mass is 10.1. The number of hydrazine groups is 1. The molecule has 0 radical (unpaired) electrons. The molecular weight excluding hydrogens is 182 g/mol. The van der Waals surface area contributed by atoms with Gasteiger partial charge in [-0.25, -0.2) is 10.2 Å². The first-order valence-corrected chi connectivity index (χ1v) is 4.93. The van der Waals surface area contributed by atoms with Gasteiger partial charge in [0, 0.05) is 7.05 Å². The molecule has 0 bridgehead atoms. The van der Waals surface area contributed by atoms with Gasteiger partial charge in [0.15, 0.2) is 5.78 Å². The molecule has 0 aromatic heterocycles. The van der Waals surface area contributed by atoms with E-state index in [4.69, 9.17) is 0 Å². The lowest BCUT2D eigenvalue weighted by Crippen LogP contribution is -2.44. The molecule has 0 spiro atoms. The van der Waals surface area contributed by atoms with Crippen molar-refractivity contribution in [3.63, 3.8) is 0 Å². The number of carbonyl (C=O) groups excluding carboxylic acids is 2. The average Bonchev–Trinajstić information content (AvgIpc) is 2.66. The van der Waals surface area contributed by atoms with Gasteiger partial charge in [0.1, 0.15) is 0 Å². The maximum Gasteiger partial charge on any atom is 0.335 e. The predicted molar refractivity (Wildman–Crippen MR) is 50.5 cm³/mol. The Kier molecular flexibility index (Phi) is 2.19. The first-order chi connectivity index (χ1) is 6.65. The second kappa shape index (κ2) is 3.24. The van der Waals surface area contributed by atoms with Gasteiger partial charge in [-0.2, -0.15) is 0 Å². The van der Waals surface area contributed by atoms with Crippen LogP contribution >= 0.6 is 0 Å². The summed E-state index contributed by atoms with van der Waals surface area (Å²) in [7, 11) is 1.73. The van der Waals surface area contributed by atoms with E-state index >= 15 is 0 Å². The molecular formula is C9H15N3O2. The first-order valence-electron chi connectivity index (χ1n) is 4.93. The Bertz CT molecular complexity index is 279. The highest BCUT2D eigenvalue weighted by Gasteiger charge is 2.46. The Morgan fingerprint density at radius 2 is 2.21 bits per heavy atom. The van der Waals surface area contributed by atoms with Crippen molar-refractivity contribution in [2.45, 2.75) is 31.8 Å². The van der Waals surface area contributed by atoms with E-state index in [1.165, 1.54) is 0 Å². The van der Waals surface area contributed by atoms with Crippen LogP contribution in [0.15, 0.2) is 0 Å². The summed E-state index contributed by atoms with van der Waals surface area (Å²) >= 11 is 0. The fourth-order valence-electron chi connectivity index (χ4n) is 2.37. The summed E-state index contributed by atoms with van der Waals surface area (Å²) in [6.07, 6.45) is 1.76. The number of urea groups is 1. The maximum atomic E-state index is 11.8. The summed E-state index contributed by atoms with van der Waals surface area (Å²) in [5.74, 6) is 0.0961. The van der Waals surface area contributed by atoms with Gasteiger partial charge in [0.25, 0.3) is 0 Å². The van der Waals surface area contributed by atoms with Crippen molar-refractivity contribution in [1.29, 1.82) is 0 Å². The van der Waals surface area contributed by atoms with Gasteiger partial charge in [-0.05, 0) is 19.8 Å². The molecule has 2 heterocycles. The van der Waals surface area contributed by atoms with Crippen LogP contribution in [0.1, 0.15) is 19.8 Å². The second-order valence-corrected chi connectivity index (χ2v) is 3.88. The average molecular weight is 197 g/mol. The van der Waals surface area contributed by atoms with Crippen LogP contribution in [0, 0.1) is 0 Å². The molecule has 2 unspecified atom stereocenters. The molecule has 78 valence electrons. The van der Waals surface area contributed by atoms with Crippen molar-refractivity contribution in [2.75, 3.05) is 13.6 Å². The van der Waals surface area contributed by atoms with Crippen molar-refractivity contribution in [3.8, 4) is 0 Å². The molecule has 2 amide bonds. The van der Waals surface area contributed by atoms with Crippen molar-refractivity contribution in [3.05, 3.63) is 0 Å². The molecule has 2 aliphatic rings. The Hall–Kier alpha value is -1.10. The largest absolute Gasteiger partial charge is 0.335 e. The van der Waals surface area contributed by atoms with Gasteiger partial charge in [-0.3, -0.25) is 9.80 Å². The zero-order valence-electron chi connectivity index (χ0n) is 8.49. The highest BCUT2D eigenvalue weighted by molar-refractivity contribution is 5.88. The normalized spacial score (nSPS) is 31.1. The highest BCUT2D eigenvalue weighted by atomic mass is 16.2. The molecule has 2 rings (SSSR count). The molecule has 2 fully saturated rings. The quantitative estimate of drug-likeness (QED) is 0.676. The number of rotatable bonds is 2. The lowest BCUT2D eigenvalue weighted by Gasteiger charge is -2.21. The Morgan fingerprint density at radius 3 is 2.79 bits per heavy atom. The summed E-state index contributed by atoms with van der Waals surface area (Å²) in [5, 5.41) is 1.57. The zero-order valence-corrected chi connectivity index (χ0v) is 8.49. The van der Waals surface area contributed by atoms with Gasteiger partial charge >= 0.3 is 6.03 Å². The number of nitrogens with one attached hydrogen (secondary N) is 1. The number of amides is 2. The van der Waals surface area contributed by atoms with E-state index in [2.05, 4.69) is 5.43 Å². The van der Waals surface area contributed by atoms with Gasteiger partial charge in [0.05, 0.1) is 18.6 Å². The highest BCUT2D eigenvalue weighted by Crippen LogP contribution is 2.30. The predicted octanol–water partition coefficient (Wildman–Crippen LogP) is -0.0216. The van der Waals surface area contributed by atoms with E-state index in [0.29, 0.717) is 6.54 Å². The zero-order chi connectivity index (χ0) is 10.3. The standard InChI is InChI=1S/C9H15N3O2/c1-6(13)8-4-3-7-5-11(10-2)9(14)12(7)8/h7-8,10H,3-5H2,1-2H3. The third-order valence-corrected chi connectivity index (χ3v) is 3.09. The van der Waals surface area contributed by atoms with Crippen LogP contribution in [0.5, 0.6) is 0 Å². The molecule has 5 heteroatoms. The van der Waals surface area contributed by atoms with E-state index in [0.717, 1.165) is 12.8 Å². The van der Waals surface area contributed by atoms with E-state index in [1.54, 1.807) is 23.9 Å². The Balaban J connectivity index is 2.17. The molecule has 2 aliphatic heterocycles. The Labute approximate surface area is 83.0 Å². The molecule has 2 atom stereocenters. The van der Waals surface area contributed by atoms with Crippen LogP contribution in [0.25, 0.3) is 0 Å². The van der Waals surface area contributed by atoms with Crippen molar-refractivity contribution in [2.24, 2.45) is 0 Å². The maximum absolute atomic E-state index is 11.8. The number of fused-ring (bicyclic) bond motifs is 1. The summed E-state index contributed by atoms with van der Waals surface area (Å²) in [6, 6.07) is -0.0232. The molecule has 14 heavy (non-hydrogen) atoms. The van der Waals surface area contributed by atoms with Gasteiger partial charge in [-0.1, -0.05) is 0 Å². The van der Waals surface area contributed by atoms with Crippen molar-refractivity contribution in [1.82, 2.24) is 15.3 Å². The molecule has 5 nitrogen and oxygen atoms in total. The van der Waals surface area contributed by atoms with Crippen LogP contribution in [0.3, 0.4) is 0 Å². The molecule has 0 aliphatic carbocycles. The summed E-state index contributed by atoms with van der Waals surface area (Å²) in [4.78, 5) is 24.8. The van der Waals surface area contributed by atoms with Crippen molar-refractivity contribution >= 4 is 11.8 Å². The van der Waals surface area contributed by atoms with Crippen LogP contribution in [0.2, 0.25) is 0 Å². The molecule has 0 saturated carbocycles. The van der Waals surface area contributed by atoms with Crippen LogP contribution < -0.4 is 5.43 Å². The minimum atomic E-state index is -0.189. The number of Topliss-reactive ketones (excluding diaryl/α,β-unsaturated/α-hetero) is 1. The molecule has 1 N–H and O–H groups in total. The molecule has 0 aromatic rings. The monoisotopic (exact) mass is 197 g/mol. The topological polar surface area (TPSA) is 52.7 Å². The summed E-state index contributed by atoms with van der Waals surface area (Å²) in [6.45, 7) is 2.25. The summed E-state index contributed by atoms with van der Waals surface area (Å²) < 4.78 is 0. The smallest absolute Gasteiger partial charge is 0.309 e. The van der Waals surface area contributed by atoms with Crippen molar-refractivity contribution < 1.29 is 9.59 Å². The van der Waals surface area contributed by atoms with E-state index in [1.807, 2.05) is 0 Å². The van der Waals surface area contributed by atoms with Gasteiger partial charge in [0.2, 0.25) is 0 Å². The number of hydrogen-bond acceptors (Lipinski definition) is 3. The number of carbonyl (C=O) groups is 2. The second-order valence-electron chi connectivity index (χ2n) is 3.88. The van der Waals surface area contributed by atoms with E-state index in [9.17, 15) is 9.59 Å². The minimum Gasteiger partial charge on any atom is -0.309 e. The van der Waals surface area contributed by atoms with E-state index in [-0.39, 0.29) is 23.9 Å². The first kappa shape index (κ1) is 9.45. The number of hydrogen-bond donors (Lipinski definition) is 1. The lowest BCUT2D eigenvalue weighted by molar-refractivity contribution is -0.120. The summed E-state index contributed by atoms with van der Waals surface area (Å²) in [5.41, 5.74) is 2.83. The van der Waals surface area contributed by atoms with Gasteiger partial charge in [-0.15, -0.1) is 0 Å². The number of nitrogens with zero attached hydrogens (tertiary/aromatic N) is 2. The fourth-order valence-corrected chi connectivity index (χ4v) is 2.37. The number of ketones is 1. The third kappa shape index (κ3) is 1.19. The Morgan fingerprint density at radius 1 is 1.50 bits per heavy atom. The van der Waals surface area contributed by atoms with Gasteiger partial charge < -0.3 is 4.90 Å². The minimum absolute atomic E-state index is 0.0600. The molecule has 0 aromatic carbocycles. The van der Waals surface area contributed by atoms with Crippen LogP contribution in [-0.2, 0) is 4.79 Å². The van der Waals surface area contributed by atoms with Crippen LogP contribution in [0.4, 0.5) is 4.79 Å².